The summed E-state index contributed by atoms with van der Waals surface area (Å²) in [5.41, 5.74) is 1.55. The Hall–Kier alpha value is -1.14. The third kappa shape index (κ3) is 3.00. The van der Waals surface area contributed by atoms with Crippen molar-refractivity contribution in [2.75, 3.05) is 0 Å². The van der Waals surface area contributed by atoms with Crippen molar-refractivity contribution in [3.8, 4) is 0 Å². The summed E-state index contributed by atoms with van der Waals surface area (Å²) in [4.78, 5) is 12.1. The maximum atomic E-state index is 12.1. The summed E-state index contributed by atoms with van der Waals surface area (Å²) in [5.74, 6) is -0.122. The second kappa shape index (κ2) is 5.67. The minimum Gasteiger partial charge on any atom is -0.345 e. The predicted octanol–water partition coefficient (Wildman–Crippen LogP) is 3.43. The smallest absolute Gasteiger partial charge is 0.252 e. The molecule has 0 saturated heterocycles. The van der Waals surface area contributed by atoms with E-state index in [4.69, 9.17) is 0 Å². The Bertz CT molecular complexity index is 554. The molecule has 0 fully saturated rings. The Kier molecular flexibility index (Phi) is 4.19. The van der Waals surface area contributed by atoms with Crippen molar-refractivity contribution >= 4 is 37.8 Å². The number of hydrogen-bond donors (Lipinski definition) is 2. The Morgan fingerprint density at radius 1 is 1.44 bits per heavy atom. The van der Waals surface area contributed by atoms with Gasteiger partial charge in [-0.25, -0.2) is 0 Å². The van der Waals surface area contributed by atoms with Crippen LogP contribution in [0.25, 0.3) is 0 Å². The van der Waals surface area contributed by atoms with Gasteiger partial charge in [0.25, 0.3) is 5.91 Å². The van der Waals surface area contributed by atoms with Gasteiger partial charge in [-0.15, -0.1) is 0 Å². The number of carbonyl (C=O) groups is 1. The van der Waals surface area contributed by atoms with Gasteiger partial charge in [0.05, 0.1) is 17.8 Å². The van der Waals surface area contributed by atoms with Crippen molar-refractivity contribution in [3.05, 3.63) is 50.7 Å². The van der Waals surface area contributed by atoms with Crippen molar-refractivity contribution in [2.45, 2.75) is 13.0 Å². The third-order valence-corrected chi connectivity index (χ3v) is 3.69. The van der Waals surface area contributed by atoms with E-state index in [1.54, 1.807) is 18.5 Å². The van der Waals surface area contributed by atoms with E-state index < -0.39 is 0 Å². The van der Waals surface area contributed by atoms with Crippen molar-refractivity contribution < 1.29 is 4.79 Å². The lowest BCUT2D eigenvalue weighted by Gasteiger charge is -2.13. The monoisotopic (exact) mass is 371 g/mol. The number of aromatic nitrogens is 2. The molecule has 2 N–H and O–H groups in total. The molecular weight excluding hydrogens is 362 g/mol. The average Bonchev–Trinajstić information content (AvgIpc) is 2.81. The Labute approximate surface area is 121 Å². The Morgan fingerprint density at radius 3 is 2.83 bits per heavy atom. The van der Waals surface area contributed by atoms with Gasteiger partial charge < -0.3 is 5.32 Å². The molecule has 18 heavy (non-hydrogen) atoms. The average molecular weight is 373 g/mol. The first-order chi connectivity index (χ1) is 8.58. The molecule has 2 aromatic rings. The topological polar surface area (TPSA) is 57.8 Å². The standard InChI is InChI=1S/C12H11Br2N3O/c1-7(8-5-15-16-6-8)17-12(18)10-3-2-9(13)4-11(10)14/h2-7H,1H3,(H,15,16)(H,17,18). The Balaban J connectivity index is 2.12. The van der Waals surface area contributed by atoms with Crippen LogP contribution in [-0.2, 0) is 0 Å². The molecule has 1 aromatic heterocycles. The maximum Gasteiger partial charge on any atom is 0.252 e. The van der Waals surface area contributed by atoms with Gasteiger partial charge in [0.1, 0.15) is 0 Å². The second-order valence-corrected chi connectivity index (χ2v) is 5.62. The zero-order valence-corrected chi connectivity index (χ0v) is 12.7. The van der Waals surface area contributed by atoms with Gasteiger partial charge in [0.2, 0.25) is 0 Å². The first-order valence-electron chi connectivity index (χ1n) is 5.32. The molecule has 1 unspecified atom stereocenters. The summed E-state index contributed by atoms with van der Waals surface area (Å²) in [7, 11) is 0. The van der Waals surface area contributed by atoms with Crippen LogP contribution in [0.4, 0.5) is 0 Å². The van der Waals surface area contributed by atoms with Crippen LogP contribution in [0.2, 0.25) is 0 Å². The van der Waals surface area contributed by atoms with Crippen molar-refractivity contribution in [1.29, 1.82) is 0 Å². The zero-order chi connectivity index (χ0) is 13.1. The van der Waals surface area contributed by atoms with E-state index in [0.29, 0.717) is 5.56 Å². The van der Waals surface area contributed by atoms with Gasteiger partial charge in [0.15, 0.2) is 0 Å². The molecule has 1 amide bonds. The summed E-state index contributed by atoms with van der Waals surface area (Å²) in [6.07, 6.45) is 3.46. The minimum atomic E-state index is -0.122. The molecule has 0 aliphatic carbocycles. The highest BCUT2D eigenvalue weighted by Gasteiger charge is 2.14. The summed E-state index contributed by atoms with van der Waals surface area (Å²) in [6.45, 7) is 1.91. The molecular formula is C12H11Br2N3O. The third-order valence-electron chi connectivity index (χ3n) is 2.54. The number of nitrogens with one attached hydrogen (secondary N) is 2. The van der Waals surface area contributed by atoms with Crippen LogP contribution in [-0.4, -0.2) is 16.1 Å². The van der Waals surface area contributed by atoms with E-state index in [2.05, 4.69) is 47.4 Å². The summed E-state index contributed by atoms with van der Waals surface area (Å²) >= 11 is 6.73. The van der Waals surface area contributed by atoms with Gasteiger partial charge in [-0.05, 0) is 41.1 Å². The van der Waals surface area contributed by atoms with E-state index in [-0.39, 0.29) is 11.9 Å². The fraction of sp³-hybridized carbons (Fsp3) is 0.167. The number of aromatic amines is 1. The summed E-state index contributed by atoms with van der Waals surface area (Å²) < 4.78 is 1.68. The fourth-order valence-electron chi connectivity index (χ4n) is 1.53. The van der Waals surface area contributed by atoms with Gasteiger partial charge in [0, 0.05) is 20.7 Å². The molecule has 0 spiro atoms. The van der Waals surface area contributed by atoms with E-state index in [0.717, 1.165) is 14.5 Å². The lowest BCUT2D eigenvalue weighted by molar-refractivity contribution is 0.0939. The molecule has 1 heterocycles. The van der Waals surface area contributed by atoms with E-state index in [9.17, 15) is 4.79 Å². The maximum absolute atomic E-state index is 12.1. The highest BCUT2D eigenvalue weighted by Crippen LogP contribution is 2.22. The quantitative estimate of drug-likeness (QED) is 0.867. The predicted molar refractivity (Wildman–Crippen MR) is 76.3 cm³/mol. The van der Waals surface area contributed by atoms with Gasteiger partial charge in [-0.2, -0.15) is 5.10 Å². The molecule has 0 aliphatic heterocycles. The number of hydrogen-bond acceptors (Lipinski definition) is 2. The number of nitrogens with zero attached hydrogens (tertiary/aromatic N) is 1. The van der Waals surface area contributed by atoms with Crippen molar-refractivity contribution in [2.24, 2.45) is 0 Å². The van der Waals surface area contributed by atoms with Gasteiger partial charge >= 0.3 is 0 Å². The van der Waals surface area contributed by atoms with Crippen LogP contribution in [0.1, 0.15) is 28.9 Å². The minimum absolute atomic E-state index is 0.0909. The normalized spacial score (nSPS) is 12.2. The number of amides is 1. The SMILES string of the molecule is CC(NC(=O)c1ccc(Br)cc1Br)c1cn[nH]c1. The van der Waals surface area contributed by atoms with Crippen LogP contribution in [0.5, 0.6) is 0 Å². The number of carbonyl (C=O) groups excluding carboxylic acids is 1. The fourth-order valence-corrected chi connectivity index (χ4v) is 2.76. The number of halogens is 2. The second-order valence-electron chi connectivity index (χ2n) is 3.85. The first kappa shape index (κ1) is 13.3. The lowest BCUT2D eigenvalue weighted by Crippen LogP contribution is -2.26. The molecule has 2 rings (SSSR count). The molecule has 1 aromatic carbocycles. The van der Waals surface area contributed by atoms with E-state index in [1.165, 1.54) is 0 Å². The largest absolute Gasteiger partial charge is 0.345 e. The van der Waals surface area contributed by atoms with Gasteiger partial charge in [-0.1, -0.05) is 15.9 Å². The molecule has 4 nitrogen and oxygen atoms in total. The van der Waals surface area contributed by atoms with Crippen LogP contribution in [0.3, 0.4) is 0 Å². The van der Waals surface area contributed by atoms with Gasteiger partial charge in [-0.3, -0.25) is 9.89 Å². The van der Waals surface area contributed by atoms with Crippen LogP contribution < -0.4 is 5.32 Å². The van der Waals surface area contributed by atoms with Crippen molar-refractivity contribution in [3.63, 3.8) is 0 Å². The highest BCUT2D eigenvalue weighted by atomic mass is 79.9. The van der Waals surface area contributed by atoms with Crippen LogP contribution >= 0.6 is 31.9 Å². The van der Waals surface area contributed by atoms with E-state index >= 15 is 0 Å². The van der Waals surface area contributed by atoms with Crippen LogP contribution in [0, 0.1) is 0 Å². The number of rotatable bonds is 3. The molecule has 0 aliphatic rings. The highest BCUT2D eigenvalue weighted by molar-refractivity contribution is 9.11. The summed E-state index contributed by atoms with van der Waals surface area (Å²) in [5, 5.41) is 9.50. The molecule has 6 heteroatoms. The Morgan fingerprint density at radius 2 is 2.22 bits per heavy atom. The lowest BCUT2D eigenvalue weighted by atomic mass is 10.1. The summed E-state index contributed by atoms with van der Waals surface area (Å²) in [6, 6.07) is 5.36. The molecule has 94 valence electrons. The number of H-pyrrole nitrogens is 1. The van der Waals surface area contributed by atoms with Crippen LogP contribution in [0.15, 0.2) is 39.5 Å². The molecule has 1 atom stereocenters. The van der Waals surface area contributed by atoms with E-state index in [1.807, 2.05) is 19.1 Å². The molecule has 0 bridgehead atoms. The first-order valence-corrected chi connectivity index (χ1v) is 6.91. The number of benzene rings is 1. The van der Waals surface area contributed by atoms with Crippen molar-refractivity contribution in [1.82, 2.24) is 15.5 Å². The molecule has 0 radical (unpaired) electrons. The molecule has 0 saturated carbocycles. The zero-order valence-electron chi connectivity index (χ0n) is 9.58.